The Morgan fingerprint density at radius 1 is 1.26 bits per heavy atom. The summed E-state index contributed by atoms with van der Waals surface area (Å²) in [7, 11) is 0. The summed E-state index contributed by atoms with van der Waals surface area (Å²) in [5.74, 6) is -0.675. The van der Waals surface area contributed by atoms with Gasteiger partial charge in [-0.05, 0) is 24.4 Å². The quantitative estimate of drug-likeness (QED) is 0.906. The molecular weight excluding hydrogens is 264 g/mol. The normalized spacial score (nSPS) is 17.2. The molecule has 0 radical (unpaired) electrons. The summed E-state index contributed by atoms with van der Waals surface area (Å²) in [5, 5.41) is 10.6. The Kier molecular flexibility index (Phi) is 4.93. The fourth-order valence-corrected chi connectivity index (χ4v) is 2.90. The van der Waals surface area contributed by atoms with E-state index in [0.717, 1.165) is 30.9 Å². The van der Waals surface area contributed by atoms with Crippen LogP contribution in [0.15, 0.2) is 17.5 Å². The lowest BCUT2D eigenvalue weighted by Gasteiger charge is -2.21. The van der Waals surface area contributed by atoms with Crippen molar-refractivity contribution >= 4 is 23.2 Å². The van der Waals surface area contributed by atoms with Gasteiger partial charge in [0.15, 0.2) is 0 Å². The highest BCUT2D eigenvalue weighted by Crippen LogP contribution is 2.14. The molecule has 104 valence electrons. The first-order valence-corrected chi connectivity index (χ1v) is 7.31. The highest BCUT2D eigenvalue weighted by molar-refractivity contribution is 7.12. The first kappa shape index (κ1) is 14.0. The Hall–Kier alpha value is -1.40. The van der Waals surface area contributed by atoms with E-state index in [1.54, 1.807) is 0 Å². The Labute approximate surface area is 116 Å². The summed E-state index contributed by atoms with van der Waals surface area (Å²) in [5.41, 5.74) is 0. The summed E-state index contributed by atoms with van der Waals surface area (Å²) < 4.78 is 0. The van der Waals surface area contributed by atoms with E-state index in [9.17, 15) is 9.59 Å². The van der Waals surface area contributed by atoms with Gasteiger partial charge >= 0.3 is 5.97 Å². The first-order valence-electron chi connectivity index (χ1n) is 6.44. The number of rotatable bonds is 4. The highest BCUT2D eigenvalue weighted by atomic mass is 32.1. The largest absolute Gasteiger partial charge is 0.481 e. The van der Waals surface area contributed by atoms with E-state index >= 15 is 0 Å². The summed E-state index contributed by atoms with van der Waals surface area (Å²) in [6, 6.07) is 3.73. The fraction of sp³-hybridized carbons (Fsp3) is 0.538. The van der Waals surface area contributed by atoms with E-state index < -0.39 is 5.97 Å². The molecule has 5 nitrogen and oxygen atoms in total. The van der Waals surface area contributed by atoms with Gasteiger partial charge in [-0.3, -0.25) is 9.59 Å². The molecule has 0 atom stereocenters. The number of carboxylic acids is 1. The Morgan fingerprint density at radius 3 is 2.79 bits per heavy atom. The summed E-state index contributed by atoms with van der Waals surface area (Å²) in [4.78, 5) is 27.5. The van der Waals surface area contributed by atoms with Crippen molar-refractivity contribution in [3.63, 3.8) is 0 Å². The van der Waals surface area contributed by atoms with Gasteiger partial charge in [0.25, 0.3) is 5.91 Å². The molecule has 1 aliphatic heterocycles. The number of carbonyl (C=O) groups excluding carboxylic acids is 1. The van der Waals surface area contributed by atoms with E-state index in [1.165, 1.54) is 11.3 Å². The average Bonchev–Trinajstić information content (AvgIpc) is 2.81. The lowest BCUT2D eigenvalue weighted by atomic mass is 10.3. The topological polar surface area (TPSA) is 60.9 Å². The summed E-state index contributed by atoms with van der Waals surface area (Å²) in [6.07, 6.45) is 1.07. The van der Waals surface area contributed by atoms with Gasteiger partial charge in [0.05, 0.1) is 11.3 Å². The number of hydrogen-bond acceptors (Lipinski definition) is 4. The van der Waals surface area contributed by atoms with Crippen LogP contribution in [0.25, 0.3) is 0 Å². The monoisotopic (exact) mass is 282 g/mol. The molecule has 0 spiro atoms. The van der Waals surface area contributed by atoms with Crippen molar-refractivity contribution in [2.75, 3.05) is 32.7 Å². The van der Waals surface area contributed by atoms with E-state index in [-0.39, 0.29) is 12.3 Å². The third kappa shape index (κ3) is 4.04. The number of amides is 1. The first-order chi connectivity index (χ1) is 9.16. The van der Waals surface area contributed by atoms with Crippen LogP contribution < -0.4 is 0 Å². The highest BCUT2D eigenvalue weighted by Gasteiger charge is 2.20. The molecule has 1 aromatic heterocycles. The molecule has 1 aliphatic rings. The molecule has 1 fully saturated rings. The van der Waals surface area contributed by atoms with Crippen molar-refractivity contribution in [1.82, 2.24) is 9.80 Å². The van der Waals surface area contributed by atoms with Gasteiger partial charge in [-0.2, -0.15) is 0 Å². The maximum absolute atomic E-state index is 12.2. The third-order valence-corrected chi connectivity index (χ3v) is 4.11. The molecular formula is C13H18N2O3S. The SMILES string of the molecule is O=C(O)CCN1CCCN(C(=O)c2cccs2)CC1. The maximum atomic E-state index is 12.2. The molecule has 1 amide bonds. The van der Waals surface area contributed by atoms with Crippen LogP contribution in [0, 0.1) is 0 Å². The van der Waals surface area contributed by atoms with Crippen molar-refractivity contribution in [2.24, 2.45) is 0 Å². The maximum Gasteiger partial charge on any atom is 0.304 e. The van der Waals surface area contributed by atoms with E-state index in [2.05, 4.69) is 4.90 Å². The van der Waals surface area contributed by atoms with E-state index in [0.29, 0.717) is 13.1 Å². The Balaban J connectivity index is 1.86. The van der Waals surface area contributed by atoms with Crippen molar-refractivity contribution in [3.8, 4) is 0 Å². The van der Waals surface area contributed by atoms with Crippen LogP contribution in [0.5, 0.6) is 0 Å². The van der Waals surface area contributed by atoms with Crippen molar-refractivity contribution in [1.29, 1.82) is 0 Å². The van der Waals surface area contributed by atoms with Crippen LogP contribution >= 0.6 is 11.3 Å². The molecule has 6 heteroatoms. The summed E-state index contributed by atoms with van der Waals surface area (Å²) in [6.45, 7) is 3.61. The molecule has 1 saturated heterocycles. The number of aliphatic carboxylic acids is 1. The summed E-state index contributed by atoms with van der Waals surface area (Å²) >= 11 is 1.46. The second-order valence-corrected chi connectivity index (χ2v) is 5.56. The minimum Gasteiger partial charge on any atom is -0.481 e. The predicted molar refractivity (Wildman–Crippen MR) is 73.5 cm³/mol. The standard InChI is InChI=1S/C13H18N2O3S/c16-12(17)4-7-14-5-2-6-15(9-8-14)13(18)11-3-1-10-19-11/h1,3,10H,2,4-9H2,(H,16,17). The van der Waals surface area contributed by atoms with E-state index in [4.69, 9.17) is 5.11 Å². The van der Waals surface area contributed by atoms with Crippen molar-refractivity contribution in [3.05, 3.63) is 22.4 Å². The molecule has 0 aromatic carbocycles. The number of carbonyl (C=O) groups is 2. The van der Waals surface area contributed by atoms with Crippen LogP contribution in [0.3, 0.4) is 0 Å². The average molecular weight is 282 g/mol. The Bertz CT molecular complexity index is 433. The van der Waals surface area contributed by atoms with Crippen molar-refractivity contribution < 1.29 is 14.7 Å². The van der Waals surface area contributed by atoms with Gasteiger partial charge in [-0.1, -0.05) is 6.07 Å². The second-order valence-electron chi connectivity index (χ2n) is 4.61. The zero-order chi connectivity index (χ0) is 13.7. The molecule has 1 aromatic rings. The van der Waals surface area contributed by atoms with Crippen LogP contribution in [0.2, 0.25) is 0 Å². The van der Waals surface area contributed by atoms with Gasteiger partial charge in [0.2, 0.25) is 0 Å². The van der Waals surface area contributed by atoms with Gasteiger partial charge < -0.3 is 14.9 Å². The smallest absolute Gasteiger partial charge is 0.304 e. The van der Waals surface area contributed by atoms with Crippen molar-refractivity contribution in [2.45, 2.75) is 12.8 Å². The minimum atomic E-state index is -0.768. The molecule has 2 rings (SSSR count). The molecule has 0 saturated carbocycles. The minimum absolute atomic E-state index is 0.0927. The van der Waals surface area contributed by atoms with Crippen LogP contribution in [0.4, 0.5) is 0 Å². The fourth-order valence-electron chi connectivity index (χ4n) is 2.21. The molecule has 1 N–H and O–H groups in total. The van der Waals surface area contributed by atoms with E-state index in [1.807, 2.05) is 22.4 Å². The Morgan fingerprint density at radius 2 is 2.11 bits per heavy atom. The zero-order valence-corrected chi connectivity index (χ0v) is 11.6. The molecule has 0 unspecified atom stereocenters. The molecule has 0 bridgehead atoms. The van der Waals surface area contributed by atoms with Gasteiger partial charge in [0.1, 0.15) is 0 Å². The van der Waals surface area contributed by atoms with Crippen LogP contribution in [0.1, 0.15) is 22.5 Å². The third-order valence-electron chi connectivity index (χ3n) is 3.25. The van der Waals surface area contributed by atoms with Gasteiger partial charge in [-0.15, -0.1) is 11.3 Å². The lowest BCUT2D eigenvalue weighted by molar-refractivity contribution is -0.137. The van der Waals surface area contributed by atoms with Crippen LogP contribution in [-0.2, 0) is 4.79 Å². The van der Waals surface area contributed by atoms with Crippen LogP contribution in [-0.4, -0.2) is 59.5 Å². The van der Waals surface area contributed by atoms with Gasteiger partial charge in [-0.25, -0.2) is 0 Å². The molecule has 0 aliphatic carbocycles. The molecule has 2 heterocycles. The van der Waals surface area contributed by atoms with Gasteiger partial charge in [0, 0.05) is 26.2 Å². The lowest BCUT2D eigenvalue weighted by Crippen LogP contribution is -2.35. The number of nitrogens with zero attached hydrogens (tertiary/aromatic N) is 2. The second kappa shape index (κ2) is 6.68. The zero-order valence-electron chi connectivity index (χ0n) is 10.7. The number of carboxylic acid groups (broad SMARTS) is 1. The number of hydrogen-bond donors (Lipinski definition) is 1. The molecule has 19 heavy (non-hydrogen) atoms. The predicted octanol–water partition coefficient (Wildman–Crippen LogP) is 1.37. The number of thiophene rings is 1.